The van der Waals surface area contributed by atoms with Crippen molar-refractivity contribution in [1.82, 2.24) is 19.4 Å². The maximum absolute atomic E-state index is 13.5. The number of carbonyl (C=O) groups excluding carboxylic acids is 1. The highest BCUT2D eigenvalue weighted by Gasteiger charge is 2.34. The first-order valence-electron chi connectivity index (χ1n) is 14.1. The first-order valence-corrected chi connectivity index (χ1v) is 14.1. The summed E-state index contributed by atoms with van der Waals surface area (Å²) in [5, 5.41) is 6.01. The molecule has 4 aromatic rings. The van der Waals surface area contributed by atoms with E-state index in [2.05, 4.69) is 32.4 Å². The Morgan fingerprint density at radius 2 is 1.81 bits per heavy atom. The molecule has 0 aliphatic carbocycles. The third-order valence-electron chi connectivity index (χ3n) is 7.57. The quantitative estimate of drug-likeness (QED) is 0.227. The smallest absolute Gasteiger partial charge is 0.416 e. The first-order chi connectivity index (χ1) is 20.0. The molecule has 3 heterocycles. The zero-order valence-corrected chi connectivity index (χ0v) is 24.1. The highest BCUT2D eigenvalue weighted by atomic mass is 19.4. The normalized spacial score (nSPS) is 14.9. The summed E-state index contributed by atoms with van der Waals surface area (Å²) in [4.78, 5) is 23.6. The van der Waals surface area contributed by atoms with Gasteiger partial charge in [-0.15, -0.1) is 0 Å². The van der Waals surface area contributed by atoms with Gasteiger partial charge in [0, 0.05) is 31.1 Å². The predicted molar refractivity (Wildman–Crippen MR) is 157 cm³/mol. The van der Waals surface area contributed by atoms with E-state index in [1.165, 1.54) is 12.1 Å². The number of halogens is 3. The van der Waals surface area contributed by atoms with Crippen molar-refractivity contribution in [2.75, 3.05) is 30.3 Å². The topological polar surface area (TPSA) is 84.3 Å². The maximum atomic E-state index is 13.5. The number of nitrogens with one attached hydrogen (secondary N) is 2. The number of likely N-dealkylation sites (tertiary alicyclic amines) is 1. The SMILES string of the molecule is CC1CCN(CC(=O)Nc2cc(Oc3ccc4c(c3)nc(Nc3ccc(C(F)(F)F)c(C(C)C)c3)n4C)ccn2)CC1. The Hall–Kier alpha value is -4.12. The molecule has 0 spiro atoms. The first kappa shape index (κ1) is 29.4. The number of nitrogens with zero attached hydrogens (tertiary/aromatic N) is 4. The van der Waals surface area contributed by atoms with Gasteiger partial charge in [0.05, 0.1) is 23.1 Å². The summed E-state index contributed by atoms with van der Waals surface area (Å²) in [6, 6.07) is 12.9. The number of amides is 1. The molecule has 1 amide bonds. The minimum absolute atomic E-state index is 0.113. The molecule has 5 rings (SSSR count). The van der Waals surface area contributed by atoms with Crippen LogP contribution in [0.1, 0.15) is 50.7 Å². The average molecular weight is 581 g/mol. The minimum atomic E-state index is -4.42. The Bertz CT molecular complexity index is 1570. The molecule has 2 aromatic carbocycles. The van der Waals surface area contributed by atoms with Crippen LogP contribution in [0.25, 0.3) is 11.0 Å². The number of piperidine rings is 1. The van der Waals surface area contributed by atoms with Gasteiger partial charge in [-0.05, 0) is 79.7 Å². The zero-order valence-electron chi connectivity index (χ0n) is 24.1. The van der Waals surface area contributed by atoms with Gasteiger partial charge in [-0.2, -0.15) is 13.2 Å². The third-order valence-corrected chi connectivity index (χ3v) is 7.57. The van der Waals surface area contributed by atoms with Gasteiger partial charge in [0.2, 0.25) is 11.9 Å². The van der Waals surface area contributed by atoms with E-state index in [4.69, 9.17) is 4.74 Å². The van der Waals surface area contributed by atoms with E-state index in [0.717, 1.165) is 37.5 Å². The van der Waals surface area contributed by atoms with Crippen LogP contribution >= 0.6 is 0 Å². The van der Waals surface area contributed by atoms with Gasteiger partial charge in [-0.25, -0.2) is 9.97 Å². The molecule has 42 heavy (non-hydrogen) atoms. The number of aryl methyl sites for hydroxylation is 1. The summed E-state index contributed by atoms with van der Waals surface area (Å²) < 4.78 is 48.3. The van der Waals surface area contributed by atoms with Crippen LogP contribution in [-0.2, 0) is 18.0 Å². The lowest BCUT2D eigenvalue weighted by molar-refractivity contribution is -0.138. The van der Waals surface area contributed by atoms with Crippen molar-refractivity contribution in [2.45, 2.75) is 45.7 Å². The summed E-state index contributed by atoms with van der Waals surface area (Å²) in [6.07, 6.45) is -0.647. The van der Waals surface area contributed by atoms with Crippen LogP contribution in [0.15, 0.2) is 54.7 Å². The van der Waals surface area contributed by atoms with Crippen molar-refractivity contribution in [3.8, 4) is 11.5 Å². The molecule has 0 unspecified atom stereocenters. The molecule has 1 fully saturated rings. The Morgan fingerprint density at radius 3 is 2.52 bits per heavy atom. The van der Waals surface area contributed by atoms with Gasteiger partial charge < -0.3 is 19.9 Å². The molecule has 0 atom stereocenters. The maximum Gasteiger partial charge on any atom is 0.416 e. The summed E-state index contributed by atoms with van der Waals surface area (Å²) in [6.45, 7) is 7.88. The van der Waals surface area contributed by atoms with Gasteiger partial charge in [0.15, 0.2) is 0 Å². The predicted octanol–water partition coefficient (Wildman–Crippen LogP) is 7.32. The molecule has 1 aliphatic rings. The van der Waals surface area contributed by atoms with E-state index in [1.807, 2.05) is 17.7 Å². The number of hydrogen-bond acceptors (Lipinski definition) is 6. The number of pyridine rings is 1. The number of imidazole rings is 1. The molecule has 222 valence electrons. The van der Waals surface area contributed by atoms with Crippen LogP contribution in [0.4, 0.5) is 30.6 Å². The molecule has 1 aliphatic heterocycles. The standard InChI is InChI=1S/C31H35F3N6O2/c1-19(2)24-15-21(5-7-25(24)31(32,33)34)36-30-37-26-16-22(6-8-27(26)39(30)4)42-23-9-12-35-28(17-23)38-29(41)18-40-13-10-20(3)11-14-40/h5-9,12,15-17,19-20H,10-11,13-14,18H2,1-4H3,(H,36,37)(H,35,38,41). The number of hydrogen-bond donors (Lipinski definition) is 2. The van der Waals surface area contributed by atoms with E-state index < -0.39 is 11.7 Å². The van der Waals surface area contributed by atoms with E-state index in [9.17, 15) is 18.0 Å². The second-order valence-corrected chi connectivity index (χ2v) is 11.2. The van der Waals surface area contributed by atoms with E-state index in [1.54, 1.807) is 44.3 Å². The number of fused-ring (bicyclic) bond motifs is 1. The van der Waals surface area contributed by atoms with E-state index in [0.29, 0.717) is 46.9 Å². The summed E-state index contributed by atoms with van der Waals surface area (Å²) in [5.74, 6) is 2.22. The number of carbonyl (C=O) groups is 1. The Morgan fingerprint density at radius 1 is 1.07 bits per heavy atom. The average Bonchev–Trinajstić information content (AvgIpc) is 3.23. The highest BCUT2D eigenvalue weighted by Crippen LogP contribution is 2.37. The Balaban J connectivity index is 1.28. The van der Waals surface area contributed by atoms with Crippen molar-refractivity contribution in [1.29, 1.82) is 0 Å². The summed E-state index contributed by atoms with van der Waals surface area (Å²) in [7, 11) is 1.83. The molecule has 2 N–H and O–H groups in total. The lowest BCUT2D eigenvalue weighted by Crippen LogP contribution is -2.38. The number of alkyl halides is 3. The fourth-order valence-corrected chi connectivity index (χ4v) is 5.15. The van der Waals surface area contributed by atoms with E-state index in [-0.39, 0.29) is 17.4 Å². The zero-order chi connectivity index (χ0) is 30.0. The Kier molecular flexibility index (Phi) is 8.40. The van der Waals surface area contributed by atoms with Gasteiger partial charge in [-0.3, -0.25) is 9.69 Å². The van der Waals surface area contributed by atoms with Crippen molar-refractivity contribution in [3.63, 3.8) is 0 Å². The summed E-state index contributed by atoms with van der Waals surface area (Å²) >= 11 is 0. The number of benzene rings is 2. The molecule has 0 saturated carbocycles. The molecular formula is C31H35F3N6O2. The molecule has 2 aromatic heterocycles. The minimum Gasteiger partial charge on any atom is -0.457 e. The highest BCUT2D eigenvalue weighted by molar-refractivity contribution is 5.91. The molecule has 8 nitrogen and oxygen atoms in total. The number of ether oxygens (including phenoxy) is 1. The van der Waals surface area contributed by atoms with Gasteiger partial charge >= 0.3 is 6.18 Å². The monoisotopic (exact) mass is 580 g/mol. The van der Waals surface area contributed by atoms with Crippen molar-refractivity contribution < 1.29 is 22.7 Å². The fraction of sp³-hybridized carbons (Fsp3) is 0.387. The number of aromatic nitrogens is 3. The summed E-state index contributed by atoms with van der Waals surface area (Å²) in [5.41, 5.74) is 1.56. The van der Waals surface area contributed by atoms with Crippen LogP contribution < -0.4 is 15.4 Å². The van der Waals surface area contributed by atoms with Crippen LogP contribution in [0, 0.1) is 5.92 Å². The van der Waals surface area contributed by atoms with Crippen LogP contribution in [0.5, 0.6) is 11.5 Å². The van der Waals surface area contributed by atoms with Crippen LogP contribution in [-0.4, -0.2) is 45.0 Å². The Labute approximate surface area is 242 Å². The third kappa shape index (κ3) is 6.84. The second-order valence-electron chi connectivity index (χ2n) is 11.2. The molecule has 0 bridgehead atoms. The van der Waals surface area contributed by atoms with Gasteiger partial charge in [-0.1, -0.05) is 20.8 Å². The van der Waals surface area contributed by atoms with E-state index >= 15 is 0 Å². The van der Waals surface area contributed by atoms with Crippen LogP contribution in [0.3, 0.4) is 0 Å². The second kappa shape index (κ2) is 12.0. The lowest BCUT2D eigenvalue weighted by atomic mass is 9.96. The van der Waals surface area contributed by atoms with Crippen molar-refractivity contribution in [2.24, 2.45) is 13.0 Å². The fourth-order valence-electron chi connectivity index (χ4n) is 5.15. The molecule has 11 heteroatoms. The molecular weight excluding hydrogens is 545 g/mol. The van der Waals surface area contributed by atoms with Crippen LogP contribution in [0.2, 0.25) is 0 Å². The largest absolute Gasteiger partial charge is 0.457 e. The molecule has 0 radical (unpaired) electrons. The van der Waals surface area contributed by atoms with Gasteiger partial charge in [0.1, 0.15) is 17.3 Å². The van der Waals surface area contributed by atoms with Gasteiger partial charge in [0.25, 0.3) is 0 Å². The number of anilines is 3. The molecule has 1 saturated heterocycles. The van der Waals surface area contributed by atoms with Crippen molar-refractivity contribution in [3.05, 3.63) is 65.9 Å². The lowest BCUT2D eigenvalue weighted by Gasteiger charge is -2.29. The van der Waals surface area contributed by atoms with Crippen molar-refractivity contribution >= 4 is 34.4 Å². The number of rotatable bonds is 8.